The van der Waals surface area contributed by atoms with E-state index < -0.39 is 0 Å². The fourth-order valence-electron chi connectivity index (χ4n) is 5.21. The molecule has 1 saturated carbocycles. The summed E-state index contributed by atoms with van der Waals surface area (Å²) in [5.74, 6) is 0.237. The van der Waals surface area contributed by atoms with Gasteiger partial charge in [0.05, 0.1) is 6.54 Å². The normalized spacial score (nSPS) is 14.1. The first kappa shape index (κ1) is 28.4. The Morgan fingerprint density at radius 3 is 2.22 bits per heavy atom. The minimum atomic E-state index is 0.0603. The Balaban J connectivity index is 1.65. The van der Waals surface area contributed by atoms with Crippen LogP contribution in [0.1, 0.15) is 106 Å². The van der Waals surface area contributed by atoms with E-state index in [9.17, 15) is 9.59 Å². The van der Waals surface area contributed by atoms with Gasteiger partial charge in [-0.25, -0.2) is 0 Å². The molecular formula is C31H46N2O2S. The van der Waals surface area contributed by atoms with Crippen molar-refractivity contribution in [3.63, 3.8) is 0 Å². The van der Waals surface area contributed by atoms with E-state index >= 15 is 0 Å². The van der Waals surface area contributed by atoms with Gasteiger partial charge in [0.1, 0.15) is 6.54 Å². The highest BCUT2D eigenvalue weighted by molar-refractivity contribution is 7.10. The second-order valence-corrected chi connectivity index (χ2v) is 11.4. The number of amides is 2. The van der Waals surface area contributed by atoms with Crippen LogP contribution < -0.4 is 0 Å². The van der Waals surface area contributed by atoms with Crippen molar-refractivity contribution < 1.29 is 9.59 Å². The number of hydrogen-bond acceptors (Lipinski definition) is 3. The van der Waals surface area contributed by atoms with E-state index in [1.54, 1.807) is 11.3 Å². The number of thiophene rings is 1. The number of nitrogens with zero attached hydrogens (tertiary/aromatic N) is 2. The SMILES string of the molecule is CCCCCCCCCC(=O)N(CC(=O)N(Cc1ccccc1)Cc1sccc1C)C1CCCCC1. The molecule has 1 heterocycles. The van der Waals surface area contributed by atoms with Crippen LogP contribution in [0.25, 0.3) is 0 Å². The number of carbonyl (C=O) groups is 2. The van der Waals surface area contributed by atoms with Crippen LogP contribution in [0.4, 0.5) is 0 Å². The lowest BCUT2D eigenvalue weighted by atomic mass is 9.93. The first-order valence-electron chi connectivity index (χ1n) is 14.2. The van der Waals surface area contributed by atoms with Gasteiger partial charge in [0.2, 0.25) is 11.8 Å². The van der Waals surface area contributed by atoms with Crippen LogP contribution in [0.3, 0.4) is 0 Å². The lowest BCUT2D eigenvalue weighted by Gasteiger charge is -2.35. The maximum Gasteiger partial charge on any atom is 0.242 e. The monoisotopic (exact) mass is 510 g/mol. The van der Waals surface area contributed by atoms with Gasteiger partial charge in [0, 0.05) is 23.9 Å². The summed E-state index contributed by atoms with van der Waals surface area (Å²) in [5.41, 5.74) is 2.35. The quantitative estimate of drug-likeness (QED) is 0.229. The lowest BCUT2D eigenvalue weighted by molar-refractivity contribution is -0.143. The van der Waals surface area contributed by atoms with E-state index in [1.807, 2.05) is 28.0 Å². The Bertz CT molecular complexity index is 904. The standard InChI is InChI=1S/C31H46N2O2S/c1-3-4-5-6-7-8-15-20-30(34)33(28-18-13-10-14-19-28)25-31(35)32(23-27-16-11-9-12-17-27)24-29-26(2)21-22-36-29/h9,11-12,16-17,21-22,28H,3-8,10,13-15,18-20,23-25H2,1-2H3. The molecule has 1 aromatic heterocycles. The van der Waals surface area contributed by atoms with Crippen molar-refractivity contribution >= 4 is 23.2 Å². The van der Waals surface area contributed by atoms with Crippen LogP contribution in [0.15, 0.2) is 41.8 Å². The van der Waals surface area contributed by atoms with Crippen molar-refractivity contribution in [1.29, 1.82) is 0 Å². The van der Waals surface area contributed by atoms with Gasteiger partial charge in [0.15, 0.2) is 0 Å². The topological polar surface area (TPSA) is 40.6 Å². The molecule has 198 valence electrons. The van der Waals surface area contributed by atoms with Gasteiger partial charge in [-0.15, -0.1) is 11.3 Å². The summed E-state index contributed by atoms with van der Waals surface area (Å²) in [6.07, 6.45) is 14.6. The molecule has 0 atom stereocenters. The zero-order valence-electron chi connectivity index (χ0n) is 22.6. The average molecular weight is 511 g/mol. The predicted molar refractivity (Wildman–Crippen MR) is 151 cm³/mol. The maximum absolute atomic E-state index is 13.8. The molecule has 2 amide bonds. The molecule has 1 fully saturated rings. The van der Waals surface area contributed by atoms with Crippen molar-refractivity contribution in [1.82, 2.24) is 9.80 Å². The molecule has 0 radical (unpaired) electrons. The zero-order chi connectivity index (χ0) is 25.6. The van der Waals surface area contributed by atoms with Gasteiger partial charge in [0.25, 0.3) is 0 Å². The van der Waals surface area contributed by atoms with Crippen LogP contribution in [0.5, 0.6) is 0 Å². The lowest BCUT2D eigenvalue weighted by Crippen LogP contribution is -2.47. The molecule has 1 aromatic carbocycles. The Kier molecular flexibility index (Phi) is 12.5. The molecule has 3 rings (SSSR count). The highest BCUT2D eigenvalue weighted by Crippen LogP contribution is 2.25. The highest BCUT2D eigenvalue weighted by atomic mass is 32.1. The Hall–Kier alpha value is -2.14. The number of unbranched alkanes of at least 4 members (excludes halogenated alkanes) is 6. The maximum atomic E-state index is 13.8. The van der Waals surface area contributed by atoms with Gasteiger partial charge < -0.3 is 9.80 Å². The molecule has 36 heavy (non-hydrogen) atoms. The summed E-state index contributed by atoms with van der Waals surface area (Å²) in [7, 11) is 0. The molecule has 0 N–H and O–H groups in total. The Morgan fingerprint density at radius 2 is 1.56 bits per heavy atom. The molecule has 0 unspecified atom stereocenters. The first-order valence-corrected chi connectivity index (χ1v) is 15.1. The zero-order valence-corrected chi connectivity index (χ0v) is 23.4. The molecule has 0 spiro atoms. The van der Waals surface area contributed by atoms with Crippen LogP contribution in [-0.2, 0) is 22.7 Å². The van der Waals surface area contributed by atoms with E-state index in [2.05, 4.69) is 37.4 Å². The second kappa shape index (κ2) is 15.9. The van der Waals surface area contributed by atoms with Gasteiger partial charge in [-0.05, 0) is 48.8 Å². The third-order valence-corrected chi connectivity index (χ3v) is 8.51. The van der Waals surface area contributed by atoms with E-state index in [4.69, 9.17) is 0 Å². The summed E-state index contributed by atoms with van der Waals surface area (Å²) in [6, 6.07) is 12.5. The van der Waals surface area contributed by atoms with Crippen LogP contribution in [0.2, 0.25) is 0 Å². The minimum Gasteiger partial charge on any atom is -0.332 e. The van der Waals surface area contributed by atoms with Gasteiger partial charge >= 0.3 is 0 Å². The predicted octanol–water partition coefficient (Wildman–Crippen LogP) is 7.89. The molecule has 4 nitrogen and oxygen atoms in total. The summed E-state index contributed by atoms with van der Waals surface area (Å²) in [4.78, 5) is 32.3. The molecular weight excluding hydrogens is 464 g/mol. The van der Waals surface area contributed by atoms with Crippen molar-refractivity contribution in [2.45, 2.75) is 116 Å². The summed E-state index contributed by atoms with van der Waals surface area (Å²) < 4.78 is 0. The molecule has 5 heteroatoms. The molecule has 1 aliphatic carbocycles. The molecule has 1 aliphatic rings. The Labute approximate surface area is 223 Å². The van der Waals surface area contributed by atoms with Gasteiger partial charge in [-0.3, -0.25) is 9.59 Å². The fraction of sp³-hybridized carbons (Fsp3) is 0.613. The molecule has 0 saturated heterocycles. The fourth-order valence-corrected chi connectivity index (χ4v) is 6.13. The van der Waals surface area contributed by atoms with Gasteiger partial charge in [-0.2, -0.15) is 0 Å². The molecule has 0 bridgehead atoms. The molecule has 0 aliphatic heterocycles. The largest absolute Gasteiger partial charge is 0.332 e. The summed E-state index contributed by atoms with van der Waals surface area (Å²) in [5, 5.41) is 2.09. The number of aryl methyl sites for hydroxylation is 1. The van der Waals surface area contributed by atoms with E-state index in [-0.39, 0.29) is 24.4 Å². The van der Waals surface area contributed by atoms with Crippen molar-refractivity contribution in [2.24, 2.45) is 0 Å². The van der Waals surface area contributed by atoms with Crippen molar-refractivity contribution in [3.05, 3.63) is 57.8 Å². The number of rotatable bonds is 15. The van der Waals surface area contributed by atoms with Crippen LogP contribution >= 0.6 is 11.3 Å². The van der Waals surface area contributed by atoms with Crippen LogP contribution in [-0.4, -0.2) is 34.2 Å². The second-order valence-electron chi connectivity index (χ2n) is 10.4. The minimum absolute atomic E-state index is 0.0603. The van der Waals surface area contributed by atoms with E-state index in [1.165, 1.54) is 49.0 Å². The average Bonchev–Trinajstić information content (AvgIpc) is 3.31. The van der Waals surface area contributed by atoms with E-state index in [0.29, 0.717) is 19.5 Å². The third kappa shape index (κ3) is 9.38. The number of hydrogen-bond donors (Lipinski definition) is 0. The van der Waals surface area contributed by atoms with Gasteiger partial charge in [-0.1, -0.05) is 95.0 Å². The first-order chi connectivity index (χ1) is 17.6. The van der Waals surface area contributed by atoms with E-state index in [0.717, 1.165) is 44.1 Å². The smallest absolute Gasteiger partial charge is 0.242 e. The van der Waals surface area contributed by atoms with Crippen LogP contribution in [0, 0.1) is 6.92 Å². The Morgan fingerprint density at radius 1 is 0.861 bits per heavy atom. The summed E-state index contributed by atoms with van der Waals surface area (Å²) in [6.45, 7) is 5.72. The van der Waals surface area contributed by atoms with Crippen molar-refractivity contribution in [2.75, 3.05) is 6.54 Å². The molecule has 2 aromatic rings. The third-order valence-electron chi connectivity index (χ3n) is 7.51. The highest BCUT2D eigenvalue weighted by Gasteiger charge is 2.29. The number of benzene rings is 1. The summed E-state index contributed by atoms with van der Waals surface area (Å²) >= 11 is 1.71. The number of carbonyl (C=O) groups excluding carboxylic acids is 2. The van der Waals surface area contributed by atoms with Crippen molar-refractivity contribution in [3.8, 4) is 0 Å².